The van der Waals surface area contributed by atoms with Gasteiger partial charge in [0.15, 0.2) is 0 Å². The molecule has 1 aliphatic rings. The highest BCUT2D eigenvalue weighted by atomic mass is 32.1. The fraction of sp³-hybridized carbons (Fsp3) is 0.238. The van der Waals surface area contributed by atoms with Gasteiger partial charge in [-0.2, -0.15) is 5.10 Å². The summed E-state index contributed by atoms with van der Waals surface area (Å²) in [5.41, 5.74) is 1.28. The van der Waals surface area contributed by atoms with E-state index in [2.05, 4.69) is 10.1 Å². The van der Waals surface area contributed by atoms with Gasteiger partial charge >= 0.3 is 0 Å². The fourth-order valence-corrected chi connectivity index (χ4v) is 5.07. The van der Waals surface area contributed by atoms with Crippen molar-refractivity contribution in [1.29, 1.82) is 0 Å². The Morgan fingerprint density at radius 3 is 2.84 bits per heavy atom. The van der Waals surface area contributed by atoms with E-state index >= 15 is 0 Å². The number of hydrogen-bond acceptors (Lipinski definition) is 7. The first kappa shape index (κ1) is 19.3. The molecule has 3 heterocycles. The minimum Gasteiger partial charge on any atom is -0.329 e. The maximum atomic E-state index is 13.4. The molecular formula is C21H18N6O3S. The highest BCUT2D eigenvalue weighted by molar-refractivity contribution is 7.18. The number of aromatic nitrogens is 4. The minimum atomic E-state index is -0.505. The van der Waals surface area contributed by atoms with Gasteiger partial charge in [-0.3, -0.25) is 14.9 Å². The summed E-state index contributed by atoms with van der Waals surface area (Å²) in [6.07, 6.45) is 5.42. The number of amides is 1. The van der Waals surface area contributed by atoms with Crippen LogP contribution >= 0.6 is 11.3 Å². The lowest BCUT2D eigenvalue weighted by Crippen LogP contribution is -2.38. The number of carbonyl (C=O) groups is 1. The Bertz CT molecular complexity index is 1240. The zero-order chi connectivity index (χ0) is 21.4. The molecule has 9 nitrogen and oxygen atoms in total. The molecule has 1 saturated heterocycles. The summed E-state index contributed by atoms with van der Waals surface area (Å²) in [7, 11) is 0. The van der Waals surface area contributed by atoms with Crippen LogP contribution in [0.5, 0.6) is 0 Å². The van der Waals surface area contributed by atoms with Gasteiger partial charge in [0.25, 0.3) is 11.6 Å². The Kier molecular flexibility index (Phi) is 4.91. The SMILES string of the molecule is O=C(c1ccc(-n2cncn2)c([N+](=O)[O-])c1)N1CCCCC1c1nc2ccccc2s1. The van der Waals surface area contributed by atoms with E-state index < -0.39 is 4.92 Å². The topological polar surface area (TPSA) is 107 Å². The molecule has 2 aromatic heterocycles. The van der Waals surface area contributed by atoms with Crippen LogP contribution in [0.3, 0.4) is 0 Å². The number of likely N-dealkylation sites (tertiary alicyclic amines) is 1. The van der Waals surface area contributed by atoms with Crippen molar-refractivity contribution < 1.29 is 9.72 Å². The van der Waals surface area contributed by atoms with Gasteiger partial charge in [0, 0.05) is 18.2 Å². The van der Waals surface area contributed by atoms with Gasteiger partial charge < -0.3 is 4.90 Å². The molecule has 156 valence electrons. The molecular weight excluding hydrogens is 416 g/mol. The molecule has 31 heavy (non-hydrogen) atoms. The third-order valence-corrected chi connectivity index (χ3v) is 6.58. The van der Waals surface area contributed by atoms with Gasteiger partial charge in [-0.1, -0.05) is 12.1 Å². The number of thiazole rings is 1. The van der Waals surface area contributed by atoms with Crippen LogP contribution in [0.25, 0.3) is 15.9 Å². The second-order valence-corrected chi connectivity index (χ2v) is 8.39. The van der Waals surface area contributed by atoms with Crippen LogP contribution in [-0.4, -0.2) is 42.0 Å². The summed E-state index contributed by atoms with van der Waals surface area (Å²) in [6, 6.07) is 12.3. The second-order valence-electron chi connectivity index (χ2n) is 7.33. The number of para-hydroxylation sites is 1. The first-order valence-corrected chi connectivity index (χ1v) is 10.7. The predicted octanol–water partition coefficient (Wildman–Crippen LogP) is 4.15. The molecule has 1 aliphatic heterocycles. The van der Waals surface area contributed by atoms with Crippen molar-refractivity contribution in [2.75, 3.05) is 6.54 Å². The number of piperidine rings is 1. The number of carbonyl (C=O) groups excluding carboxylic acids is 1. The third kappa shape index (κ3) is 3.55. The molecule has 0 bridgehead atoms. The van der Waals surface area contributed by atoms with Crippen LogP contribution < -0.4 is 0 Å². The number of nitro benzene ring substituents is 1. The van der Waals surface area contributed by atoms with E-state index in [0.29, 0.717) is 6.54 Å². The lowest BCUT2D eigenvalue weighted by Gasteiger charge is -2.34. The molecule has 2 aromatic carbocycles. The molecule has 4 aromatic rings. The number of benzene rings is 2. The maximum absolute atomic E-state index is 13.4. The normalized spacial score (nSPS) is 16.5. The van der Waals surface area contributed by atoms with Gasteiger partial charge in [-0.15, -0.1) is 11.3 Å². The maximum Gasteiger partial charge on any atom is 0.295 e. The fourth-order valence-electron chi connectivity index (χ4n) is 3.96. The molecule has 5 rings (SSSR count). The summed E-state index contributed by atoms with van der Waals surface area (Å²) in [6.45, 7) is 0.595. The molecule has 0 spiro atoms. The number of nitro groups is 1. The van der Waals surface area contributed by atoms with Gasteiger partial charge in [0.05, 0.1) is 21.2 Å². The van der Waals surface area contributed by atoms with Crippen LogP contribution in [0.4, 0.5) is 5.69 Å². The Morgan fingerprint density at radius 2 is 2.06 bits per heavy atom. The molecule has 1 unspecified atom stereocenters. The van der Waals surface area contributed by atoms with Crippen LogP contribution in [0.1, 0.15) is 40.7 Å². The summed E-state index contributed by atoms with van der Waals surface area (Å²) >= 11 is 1.60. The van der Waals surface area contributed by atoms with E-state index in [1.54, 1.807) is 22.3 Å². The van der Waals surface area contributed by atoms with E-state index in [9.17, 15) is 14.9 Å². The molecule has 10 heteroatoms. The lowest BCUT2D eigenvalue weighted by molar-refractivity contribution is -0.384. The zero-order valence-electron chi connectivity index (χ0n) is 16.4. The monoisotopic (exact) mass is 434 g/mol. The van der Waals surface area contributed by atoms with Crippen molar-refractivity contribution in [3.8, 4) is 5.69 Å². The van der Waals surface area contributed by atoms with E-state index in [0.717, 1.165) is 34.5 Å². The average molecular weight is 434 g/mol. The number of nitrogens with zero attached hydrogens (tertiary/aromatic N) is 6. The molecule has 0 radical (unpaired) electrons. The third-order valence-electron chi connectivity index (χ3n) is 5.44. The highest BCUT2D eigenvalue weighted by Gasteiger charge is 2.32. The molecule has 1 fully saturated rings. The van der Waals surface area contributed by atoms with Crippen molar-refractivity contribution in [2.24, 2.45) is 0 Å². The lowest BCUT2D eigenvalue weighted by atomic mass is 10.0. The Balaban J connectivity index is 1.50. The van der Waals surface area contributed by atoms with Gasteiger partial charge in [-0.05, 0) is 43.5 Å². The molecule has 0 N–H and O–H groups in total. The zero-order valence-corrected chi connectivity index (χ0v) is 17.2. The van der Waals surface area contributed by atoms with Crippen LogP contribution in [0.2, 0.25) is 0 Å². The average Bonchev–Trinajstić information content (AvgIpc) is 3.48. The first-order chi connectivity index (χ1) is 15.1. The van der Waals surface area contributed by atoms with E-state index in [1.807, 2.05) is 24.3 Å². The summed E-state index contributed by atoms with van der Waals surface area (Å²) in [4.78, 5) is 35.0. The first-order valence-electron chi connectivity index (χ1n) is 9.92. The Labute approximate surface area is 181 Å². The Hall–Kier alpha value is -3.66. The van der Waals surface area contributed by atoms with E-state index in [-0.39, 0.29) is 28.9 Å². The van der Waals surface area contributed by atoms with Gasteiger partial charge in [-0.25, -0.2) is 14.6 Å². The number of hydrogen-bond donors (Lipinski definition) is 0. The van der Waals surface area contributed by atoms with Crippen LogP contribution in [0.15, 0.2) is 55.1 Å². The van der Waals surface area contributed by atoms with Gasteiger partial charge in [0.1, 0.15) is 23.3 Å². The van der Waals surface area contributed by atoms with Crippen molar-refractivity contribution >= 4 is 33.1 Å². The molecule has 0 aliphatic carbocycles. The van der Waals surface area contributed by atoms with Gasteiger partial charge in [0.2, 0.25) is 0 Å². The van der Waals surface area contributed by atoms with E-state index in [4.69, 9.17) is 4.98 Å². The standard InChI is InChI=1S/C21H18N6O3S/c28-21(14-8-9-16(18(11-14)27(29)30)26-13-22-12-23-26)25-10-4-3-6-17(25)20-24-15-5-1-2-7-19(15)31-20/h1-2,5,7-9,11-13,17H,3-4,6,10H2. The van der Waals surface area contributed by atoms with Crippen LogP contribution in [-0.2, 0) is 0 Å². The Morgan fingerprint density at radius 1 is 1.19 bits per heavy atom. The van der Waals surface area contributed by atoms with Crippen molar-refractivity contribution in [2.45, 2.75) is 25.3 Å². The summed E-state index contributed by atoms with van der Waals surface area (Å²) < 4.78 is 2.40. The molecule has 1 atom stereocenters. The number of rotatable bonds is 4. The second kappa shape index (κ2) is 7.88. The minimum absolute atomic E-state index is 0.132. The quantitative estimate of drug-likeness (QED) is 0.353. The highest BCUT2D eigenvalue weighted by Crippen LogP contribution is 2.37. The summed E-state index contributed by atoms with van der Waals surface area (Å²) in [5.74, 6) is -0.225. The van der Waals surface area contributed by atoms with E-state index in [1.165, 1.54) is 29.5 Å². The number of fused-ring (bicyclic) bond motifs is 1. The largest absolute Gasteiger partial charge is 0.329 e. The predicted molar refractivity (Wildman–Crippen MR) is 115 cm³/mol. The van der Waals surface area contributed by atoms with Crippen molar-refractivity contribution in [3.63, 3.8) is 0 Å². The molecule has 0 saturated carbocycles. The van der Waals surface area contributed by atoms with Crippen LogP contribution in [0, 0.1) is 10.1 Å². The summed E-state index contributed by atoms with van der Waals surface area (Å²) in [5, 5.41) is 16.5. The van der Waals surface area contributed by atoms with Crippen molar-refractivity contribution in [1.82, 2.24) is 24.6 Å². The molecule has 1 amide bonds. The van der Waals surface area contributed by atoms with Crippen molar-refractivity contribution in [3.05, 3.63) is 75.8 Å². The smallest absolute Gasteiger partial charge is 0.295 e.